The molecule has 7 heteroatoms. The summed E-state index contributed by atoms with van der Waals surface area (Å²) in [5.41, 5.74) is -0.0157. The van der Waals surface area contributed by atoms with Crippen molar-refractivity contribution < 1.29 is 17.9 Å². The van der Waals surface area contributed by atoms with Gasteiger partial charge in [0.1, 0.15) is 0 Å². The summed E-state index contributed by atoms with van der Waals surface area (Å²) >= 11 is 0. The number of hydrogen-bond acceptors (Lipinski definition) is 5. The molecule has 122 valence electrons. The Balaban J connectivity index is 1.71. The van der Waals surface area contributed by atoms with Crippen LogP contribution in [-0.2, 0) is 19.5 Å². The second-order valence-electron chi connectivity index (χ2n) is 6.57. The van der Waals surface area contributed by atoms with E-state index in [2.05, 4.69) is 4.90 Å². The van der Waals surface area contributed by atoms with Crippen LogP contribution in [0.3, 0.4) is 0 Å². The van der Waals surface area contributed by atoms with Gasteiger partial charge in [0, 0.05) is 44.1 Å². The summed E-state index contributed by atoms with van der Waals surface area (Å²) in [5.74, 6) is 0.598. The van der Waals surface area contributed by atoms with Crippen molar-refractivity contribution in [2.24, 2.45) is 11.3 Å². The van der Waals surface area contributed by atoms with E-state index in [0.717, 1.165) is 32.8 Å². The average molecular weight is 318 g/mol. The molecule has 3 heterocycles. The van der Waals surface area contributed by atoms with Crippen LogP contribution in [-0.4, -0.2) is 82.5 Å². The second kappa shape index (κ2) is 6.12. The highest BCUT2D eigenvalue weighted by atomic mass is 32.2. The van der Waals surface area contributed by atoms with E-state index in [1.54, 1.807) is 4.31 Å². The van der Waals surface area contributed by atoms with Crippen LogP contribution in [0.2, 0.25) is 0 Å². The van der Waals surface area contributed by atoms with Gasteiger partial charge in [0.15, 0.2) is 0 Å². The van der Waals surface area contributed by atoms with Crippen LogP contribution in [0.4, 0.5) is 0 Å². The van der Waals surface area contributed by atoms with E-state index < -0.39 is 10.0 Å². The maximum absolute atomic E-state index is 12.3. The zero-order valence-electron chi connectivity index (χ0n) is 12.8. The van der Waals surface area contributed by atoms with Crippen LogP contribution in [0, 0.1) is 11.3 Å². The van der Waals surface area contributed by atoms with Crippen molar-refractivity contribution >= 4 is 10.0 Å². The standard InChI is InChI=1S/C14H26N2O4S/c1-2-7-21(17,18)16-8-13-9-20-12-14(13,11-16)10-15-3-5-19-6-4-15/h13H,2-12H2,1H3/t13-,14+/m1/s1. The fraction of sp³-hybridized carbons (Fsp3) is 1.00. The van der Waals surface area contributed by atoms with Gasteiger partial charge in [0.25, 0.3) is 0 Å². The van der Waals surface area contributed by atoms with E-state index >= 15 is 0 Å². The monoisotopic (exact) mass is 318 g/mol. The molecule has 0 N–H and O–H groups in total. The van der Waals surface area contributed by atoms with E-state index in [1.807, 2.05) is 6.92 Å². The van der Waals surface area contributed by atoms with Crippen LogP contribution in [0.15, 0.2) is 0 Å². The highest BCUT2D eigenvalue weighted by molar-refractivity contribution is 7.89. The highest BCUT2D eigenvalue weighted by Crippen LogP contribution is 2.43. The number of morpholine rings is 1. The average Bonchev–Trinajstić information content (AvgIpc) is 2.96. The largest absolute Gasteiger partial charge is 0.380 e. The van der Waals surface area contributed by atoms with Crippen LogP contribution in [0.25, 0.3) is 0 Å². The summed E-state index contributed by atoms with van der Waals surface area (Å²) in [4.78, 5) is 2.40. The molecular formula is C14H26N2O4S. The summed E-state index contributed by atoms with van der Waals surface area (Å²) in [6.45, 7) is 8.92. The minimum atomic E-state index is -3.10. The fourth-order valence-corrected chi connectivity index (χ4v) is 5.45. The molecule has 0 spiro atoms. The molecule has 0 bridgehead atoms. The first-order valence-electron chi connectivity index (χ1n) is 7.91. The van der Waals surface area contributed by atoms with Crippen molar-refractivity contribution in [1.82, 2.24) is 9.21 Å². The minimum absolute atomic E-state index is 0.0157. The molecule has 0 aromatic heterocycles. The Morgan fingerprint density at radius 3 is 2.71 bits per heavy atom. The summed E-state index contributed by atoms with van der Waals surface area (Å²) < 4.78 is 37.5. The third-order valence-corrected chi connectivity index (χ3v) is 6.98. The quantitative estimate of drug-likeness (QED) is 0.714. The Labute approximate surface area is 127 Å². The predicted molar refractivity (Wildman–Crippen MR) is 79.7 cm³/mol. The lowest BCUT2D eigenvalue weighted by Gasteiger charge is -2.36. The van der Waals surface area contributed by atoms with Gasteiger partial charge >= 0.3 is 0 Å². The summed E-state index contributed by atoms with van der Waals surface area (Å²) in [6, 6.07) is 0. The van der Waals surface area contributed by atoms with E-state index in [0.29, 0.717) is 38.6 Å². The van der Waals surface area contributed by atoms with Crippen molar-refractivity contribution in [3.05, 3.63) is 0 Å². The zero-order valence-corrected chi connectivity index (χ0v) is 13.6. The number of sulfonamides is 1. The van der Waals surface area contributed by atoms with Gasteiger partial charge in [-0.25, -0.2) is 12.7 Å². The Morgan fingerprint density at radius 1 is 1.24 bits per heavy atom. The van der Waals surface area contributed by atoms with Crippen LogP contribution < -0.4 is 0 Å². The first-order valence-corrected chi connectivity index (χ1v) is 9.52. The number of nitrogens with zero attached hydrogens (tertiary/aromatic N) is 2. The van der Waals surface area contributed by atoms with Gasteiger partial charge in [-0.3, -0.25) is 4.90 Å². The van der Waals surface area contributed by atoms with Gasteiger partial charge in [0.05, 0.1) is 32.2 Å². The normalized spacial score (nSPS) is 35.2. The van der Waals surface area contributed by atoms with Crippen molar-refractivity contribution in [2.45, 2.75) is 13.3 Å². The van der Waals surface area contributed by atoms with Crippen molar-refractivity contribution in [3.8, 4) is 0 Å². The maximum atomic E-state index is 12.3. The molecule has 0 aromatic rings. The smallest absolute Gasteiger partial charge is 0.214 e. The number of hydrogen-bond donors (Lipinski definition) is 0. The summed E-state index contributed by atoms with van der Waals surface area (Å²) in [7, 11) is -3.10. The molecule has 6 nitrogen and oxygen atoms in total. The first-order chi connectivity index (χ1) is 10.1. The lowest BCUT2D eigenvalue weighted by Crippen LogP contribution is -2.47. The number of ether oxygens (including phenoxy) is 2. The number of rotatable bonds is 5. The molecule has 3 aliphatic rings. The van der Waals surface area contributed by atoms with Gasteiger partial charge in [-0.1, -0.05) is 6.92 Å². The van der Waals surface area contributed by atoms with Crippen molar-refractivity contribution in [3.63, 3.8) is 0 Å². The Kier molecular flexibility index (Phi) is 4.57. The third kappa shape index (κ3) is 3.12. The molecule has 3 saturated heterocycles. The summed E-state index contributed by atoms with van der Waals surface area (Å²) in [6.07, 6.45) is 0.677. The van der Waals surface area contributed by atoms with Crippen LogP contribution in [0.5, 0.6) is 0 Å². The molecule has 2 atom stereocenters. The predicted octanol–water partition coefficient (Wildman–Crippen LogP) is 0.00680. The second-order valence-corrected chi connectivity index (χ2v) is 8.66. The van der Waals surface area contributed by atoms with E-state index in [-0.39, 0.29) is 11.2 Å². The minimum Gasteiger partial charge on any atom is -0.380 e. The van der Waals surface area contributed by atoms with Gasteiger partial charge in [-0.05, 0) is 6.42 Å². The molecular weight excluding hydrogens is 292 g/mol. The van der Waals surface area contributed by atoms with Crippen LogP contribution >= 0.6 is 0 Å². The van der Waals surface area contributed by atoms with Crippen LogP contribution in [0.1, 0.15) is 13.3 Å². The molecule has 0 saturated carbocycles. The molecule has 3 fully saturated rings. The molecule has 3 aliphatic heterocycles. The van der Waals surface area contributed by atoms with Crippen molar-refractivity contribution in [2.75, 3.05) is 64.9 Å². The highest BCUT2D eigenvalue weighted by Gasteiger charge is 2.53. The molecule has 21 heavy (non-hydrogen) atoms. The SMILES string of the molecule is CCCS(=O)(=O)N1C[C@@H]2COC[C@]2(CN2CCOCC2)C1. The lowest BCUT2D eigenvalue weighted by molar-refractivity contribution is 0.0118. The molecule has 3 rings (SSSR count). The Bertz CT molecular complexity index is 464. The van der Waals surface area contributed by atoms with Gasteiger partial charge in [-0.2, -0.15) is 0 Å². The topological polar surface area (TPSA) is 59.1 Å². The Morgan fingerprint density at radius 2 is 2.00 bits per heavy atom. The maximum Gasteiger partial charge on any atom is 0.214 e. The molecule has 0 unspecified atom stereocenters. The molecule has 0 radical (unpaired) electrons. The van der Waals surface area contributed by atoms with E-state index in [9.17, 15) is 8.42 Å². The van der Waals surface area contributed by atoms with Gasteiger partial charge < -0.3 is 9.47 Å². The molecule has 0 amide bonds. The van der Waals surface area contributed by atoms with Gasteiger partial charge in [-0.15, -0.1) is 0 Å². The first kappa shape index (κ1) is 15.7. The van der Waals surface area contributed by atoms with Gasteiger partial charge in [0.2, 0.25) is 10.0 Å². The van der Waals surface area contributed by atoms with Crippen molar-refractivity contribution in [1.29, 1.82) is 0 Å². The molecule has 0 aliphatic carbocycles. The fourth-order valence-electron chi connectivity index (χ4n) is 3.81. The van der Waals surface area contributed by atoms with E-state index in [4.69, 9.17) is 9.47 Å². The third-order valence-electron chi connectivity index (χ3n) is 4.99. The Hall–Kier alpha value is -0.210. The lowest BCUT2D eigenvalue weighted by atomic mass is 9.80. The number of fused-ring (bicyclic) bond motifs is 1. The summed E-state index contributed by atoms with van der Waals surface area (Å²) in [5, 5.41) is 0. The molecule has 0 aromatic carbocycles. The van der Waals surface area contributed by atoms with E-state index in [1.165, 1.54) is 0 Å². The zero-order chi connectivity index (χ0) is 14.9.